The Bertz CT molecular complexity index is 321. The summed E-state index contributed by atoms with van der Waals surface area (Å²) in [5.74, 6) is 0.790. The molecular formula is C9H11ClFN3. The fourth-order valence-electron chi connectivity index (χ4n) is 1.68. The smallest absolute Gasteiger partial charge is 0.171 e. The lowest BCUT2D eigenvalue weighted by atomic mass is 10.1. The van der Waals surface area contributed by atoms with Gasteiger partial charge < -0.3 is 4.90 Å². The highest BCUT2D eigenvalue weighted by Crippen LogP contribution is 2.26. The van der Waals surface area contributed by atoms with Crippen LogP contribution in [0, 0.1) is 5.92 Å². The summed E-state index contributed by atoms with van der Waals surface area (Å²) in [6.07, 6.45) is 4.02. The molecule has 1 aliphatic heterocycles. The van der Waals surface area contributed by atoms with Gasteiger partial charge in [0, 0.05) is 31.4 Å². The SMILES string of the molecule is FCC1CCN(c2nccnc2Cl)C1. The molecule has 1 saturated heterocycles. The van der Waals surface area contributed by atoms with E-state index in [1.165, 1.54) is 0 Å². The fourth-order valence-corrected chi connectivity index (χ4v) is 1.90. The van der Waals surface area contributed by atoms with E-state index >= 15 is 0 Å². The molecule has 1 fully saturated rings. The molecule has 1 unspecified atom stereocenters. The molecule has 2 rings (SSSR count). The van der Waals surface area contributed by atoms with Gasteiger partial charge in [0.05, 0.1) is 6.67 Å². The minimum atomic E-state index is -0.269. The Morgan fingerprint density at radius 3 is 2.93 bits per heavy atom. The first kappa shape index (κ1) is 9.65. The Hall–Kier alpha value is -0.900. The number of alkyl halides is 1. The number of aromatic nitrogens is 2. The molecule has 14 heavy (non-hydrogen) atoms. The molecule has 0 radical (unpaired) electrons. The van der Waals surface area contributed by atoms with Gasteiger partial charge in [0.25, 0.3) is 0 Å². The van der Waals surface area contributed by atoms with Crippen molar-refractivity contribution < 1.29 is 4.39 Å². The molecule has 0 bridgehead atoms. The van der Waals surface area contributed by atoms with Crippen molar-refractivity contribution in [3.63, 3.8) is 0 Å². The van der Waals surface area contributed by atoms with Gasteiger partial charge in [0.1, 0.15) is 0 Å². The van der Waals surface area contributed by atoms with Gasteiger partial charge in [-0.3, -0.25) is 4.39 Å². The van der Waals surface area contributed by atoms with Crippen LogP contribution in [0.5, 0.6) is 0 Å². The fraction of sp³-hybridized carbons (Fsp3) is 0.556. The molecule has 0 aliphatic carbocycles. The summed E-state index contributed by atoms with van der Waals surface area (Å²) in [5, 5.41) is 0.395. The monoisotopic (exact) mass is 215 g/mol. The lowest BCUT2D eigenvalue weighted by Crippen LogP contribution is -2.21. The van der Waals surface area contributed by atoms with Gasteiger partial charge in [-0.05, 0) is 6.42 Å². The van der Waals surface area contributed by atoms with Crippen molar-refractivity contribution in [2.75, 3.05) is 24.7 Å². The minimum absolute atomic E-state index is 0.119. The molecule has 5 heteroatoms. The first-order valence-electron chi connectivity index (χ1n) is 4.58. The van der Waals surface area contributed by atoms with Crippen LogP contribution in [0.25, 0.3) is 0 Å². The van der Waals surface area contributed by atoms with Gasteiger partial charge in [-0.1, -0.05) is 11.6 Å². The Morgan fingerprint density at radius 1 is 1.50 bits per heavy atom. The van der Waals surface area contributed by atoms with Gasteiger partial charge in [-0.15, -0.1) is 0 Å². The maximum Gasteiger partial charge on any atom is 0.171 e. The second-order valence-corrected chi connectivity index (χ2v) is 3.78. The van der Waals surface area contributed by atoms with Crippen molar-refractivity contribution in [2.24, 2.45) is 5.92 Å². The summed E-state index contributed by atoms with van der Waals surface area (Å²) in [4.78, 5) is 10.1. The zero-order chi connectivity index (χ0) is 9.97. The third-order valence-electron chi connectivity index (χ3n) is 2.44. The van der Waals surface area contributed by atoms with Crippen LogP contribution in [0.3, 0.4) is 0 Å². The van der Waals surface area contributed by atoms with E-state index in [2.05, 4.69) is 9.97 Å². The van der Waals surface area contributed by atoms with Crippen LogP contribution in [0.1, 0.15) is 6.42 Å². The van der Waals surface area contributed by atoms with Gasteiger partial charge in [-0.25, -0.2) is 9.97 Å². The van der Waals surface area contributed by atoms with Crippen molar-refractivity contribution in [3.8, 4) is 0 Å². The number of halogens is 2. The van der Waals surface area contributed by atoms with Crippen LogP contribution in [0.15, 0.2) is 12.4 Å². The van der Waals surface area contributed by atoms with Crippen molar-refractivity contribution in [1.29, 1.82) is 0 Å². The Balaban J connectivity index is 2.13. The van der Waals surface area contributed by atoms with E-state index in [1.807, 2.05) is 4.90 Å². The highest BCUT2D eigenvalue weighted by atomic mass is 35.5. The summed E-state index contributed by atoms with van der Waals surface area (Å²) in [6.45, 7) is 1.23. The van der Waals surface area contributed by atoms with E-state index in [-0.39, 0.29) is 12.6 Å². The highest BCUT2D eigenvalue weighted by molar-refractivity contribution is 6.31. The summed E-state index contributed by atoms with van der Waals surface area (Å²) in [7, 11) is 0. The first-order valence-corrected chi connectivity index (χ1v) is 4.96. The number of hydrogen-bond donors (Lipinski definition) is 0. The average molecular weight is 216 g/mol. The van der Waals surface area contributed by atoms with Crippen molar-refractivity contribution in [1.82, 2.24) is 9.97 Å². The van der Waals surface area contributed by atoms with Crippen LogP contribution in [0.4, 0.5) is 10.2 Å². The molecule has 76 valence electrons. The molecule has 0 spiro atoms. The van der Waals surface area contributed by atoms with Crippen molar-refractivity contribution >= 4 is 17.4 Å². The standard InChI is InChI=1S/C9H11ClFN3/c10-8-9(13-3-2-12-8)14-4-1-7(5-11)6-14/h2-3,7H,1,4-6H2. The van der Waals surface area contributed by atoms with Gasteiger partial charge in [0.15, 0.2) is 11.0 Å². The van der Waals surface area contributed by atoms with Crippen LogP contribution in [0.2, 0.25) is 5.15 Å². The lowest BCUT2D eigenvalue weighted by Gasteiger charge is -2.17. The van der Waals surface area contributed by atoms with Crippen molar-refractivity contribution in [2.45, 2.75) is 6.42 Å². The van der Waals surface area contributed by atoms with Crippen molar-refractivity contribution in [3.05, 3.63) is 17.5 Å². The zero-order valence-corrected chi connectivity index (χ0v) is 8.41. The second kappa shape index (κ2) is 4.09. The van der Waals surface area contributed by atoms with Gasteiger partial charge in [0.2, 0.25) is 0 Å². The maximum absolute atomic E-state index is 12.4. The van der Waals surface area contributed by atoms with E-state index in [0.29, 0.717) is 17.5 Å². The normalized spacial score (nSPS) is 21.6. The number of rotatable bonds is 2. The van der Waals surface area contributed by atoms with Gasteiger partial charge in [-0.2, -0.15) is 0 Å². The molecule has 1 aromatic heterocycles. The number of hydrogen-bond acceptors (Lipinski definition) is 3. The minimum Gasteiger partial charge on any atom is -0.354 e. The molecule has 1 aromatic rings. The molecule has 0 amide bonds. The Labute approximate surface area is 86.9 Å². The molecule has 3 nitrogen and oxygen atoms in total. The van der Waals surface area contributed by atoms with E-state index in [9.17, 15) is 4.39 Å². The maximum atomic E-state index is 12.4. The summed E-state index contributed by atoms with van der Waals surface area (Å²) >= 11 is 5.89. The molecule has 2 heterocycles. The van der Waals surface area contributed by atoms with E-state index in [0.717, 1.165) is 13.0 Å². The molecule has 0 saturated carbocycles. The summed E-state index contributed by atoms with van der Waals surface area (Å²) in [6, 6.07) is 0. The predicted molar refractivity (Wildman–Crippen MR) is 53.3 cm³/mol. The number of nitrogens with zero attached hydrogens (tertiary/aromatic N) is 3. The summed E-state index contributed by atoms with van der Waals surface area (Å²) < 4.78 is 12.4. The third-order valence-corrected chi connectivity index (χ3v) is 2.71. The summed E-state index contributed by atoms with van der Waals surface area (Å²) in [5.41, 5.74) is 0. The van der Waals surface area contributed by atoms with Gasteiger partial charge >= 0.3 is 0 Å². The molecule has 0 aromatic carbocycles. The predicted octanol–water partition coefficient (Wildman–Crippen LogP) is 1.93. The Morgan fingerprint density at radius 2 is 2.29 bits per heavy atom. The molecule has 1 atom stereocenters. The number of anilines is 1. The van der Waals surface area contributed by atoms with E-state index < -0.39 is 0 Å². The lowest BCUT2D eigenvalue weighted by molar-refractivity contribution is 0.384. The largest absolute Gasteiger partial charge is 0.354 e. The van der Waals surface area contributed by atoms with Crippen LogP contribution < -0.4 is 4.90 Å². The zero-order valence-electron chi connectivity index (χ0n) is 7.66. The van der Waals surface area contributed by atoms with E-state index in [1.54, 1.807) is 12.4 Å². The average Bonchev–Trinajstić information content (AvgIpc) is 2.67. The van der Waals surface area contributed by atoms with E-state index in [4.69, 9.17) is 11.6 Å². The quantitative estimate of drug-likeness (QED) is 0.755. The van der Waals surface area contributed by atoms with Crippen LogP contribution in [-0.4, -0.2) is 29.7 Å². The van der Waals surface area contributed by atoms with Crippen LogP contribution >= 0.6 is 11.6 Å². The first-order chi connectivity index (χ1) is 6.81. The Kier molecular flexibility index (Phi) is 2.82. The van der Waals surface area contributed by atoms with Crippen LogP contribution in [-0.2, 0) is 0 Å². The third kappa shape index (κ3) is 1.80. The molecule has 1 aliphatic rings. The highest BCUT2D eigenvalue weighted by Gasteiger charge is 2.24. The molecule has 0 N–H and O–H groups in total. The second-order valence-electron chi connectivity index (χ2n) is 3.43. The molecular weight excluding hydrogens is 205 g/mol. The topological polar surface area (TPSA) is 29.0 Å².